The molecule has 160 valence electrons. The van der Waals surface area contributed by atoms with E-state index in [0.29, 0.717) is 21.8 Å². The van der Waals surface area contributed by atoms with E-state index in [4.69, 9.17) is 5.73 Å². The zero-order valence-electron chi connectivity index (χ0n) is 17.2. The molecule has 1 aromatic carbocycles. The molecule has 0 amide bonds. The van der Waals surface area contributed by atoms with E-state index in [0.717, 1.165) is 20.9 Å². The lowest BCUT2D eigenvalue weighted by molar-refractivity contribution is 0.0992. The second-order valence-corrected chi connectivity index (χ2v) is 8.40. The summed E-state index contributed by atoms with van der Waals surface area (Å²) in [5.41, 5.74) is 4.68. The Morgan fingerprint density at radius 1 is 1.00 bits per heavy atom. The number of hydrogen-bond donors (Lipinski definition) is 1. The maximum absolute atomic E-state index is 13.1. The Labute approximate surface area is 178 Å². The Bertz CT molecular complexity index is 1560. The van der Waals surface area contributed by atoms with Crippen molar-refractivity contribution >= 4 is 40.0 Å². The monoisotopic (exact) mass is 441 g/mol. The van der Waals surface area contributed by atoms with E-state index in [1.807, 2.05) is 0 Å². The summed E-state index contributed by atoms with van der Waals surface area (Å²) in [7, 11) is 4.28. The molecule has 1 unspecified atom stereocenters. The minimum absolute atomic E-state index is 0.190. The van der Waals surface area contributed by atoms with Gasteiger partial charge in [-0.05, 0) is 19.1 Å². The minimum Gasteiger partial charge on any atom is -0.384 e. The van der Waals surface area contributed by atoms with Crippen LogP contribution < -0.4 is 22.5 Å². The molecule has 4 aromatic rings. The number of aryl methyl sites for hydroxylation is 1. The number of rotatable bonds is 4. The van der Waals surface area contributed by atoms with E-state index < -0.39 is 22.3 Å². The molecule has 0 spiro atoms. The lowest BCUT2D eigenvalue weighted by atomic mass is 10.1. The molecule has 0 saturated heterocycles. The average molecular weight is 441 g/mol. The molecule has 2 N–H and O–H groups in total. The second-order valence-electron chi connectivity index (χ2n) is 7.09. The predicted molar refractivity (Wildman–Crippen MR) is 117 cm³/mol. The number of aromatic nitrogens is 6. The van der Waals surface area contributed by atoms with Crippen molar-refractivity contribution < 1.29 is 4.79 Å². The van der Waals surface area contributed by atoms with Crippen LogP contribution in [0.1, 0.15) is 17.3 Å². The van der Waals surface area contributed by atoms with Gasteiger partial charge in [-0.2, -0.15) is 0 Å². The van der Waals surface area contributed by atoms with Crippen molar-refractivity contribution in [1.82, 2.24) is 28.3 Å². The fourth-order valence-corrected chi connectivity index (χ4v) is 4.31. The summed E-state index contributed by atoms with van der Waals surface area (Å²) in [5, 5.41) is 8.34. The Hall–Kier alpha value is -3.67. The van der Waals surface area contributed by atoms with Gasteiger partial charge in [-0.15, -0.1) is 10.2 Å². The number of nitrogen functional groups attached to an aromatic ring is 1. The summed E-state index contributed by atoms with van der Waals surface area (Å²) in [4.78, 5) is 50.3. The number of nitrogens with two attached hydrogens (primary N) is 1. The number of thioether (sulfide) groups is 1. The van der Waals surface area contributed by atoms with E-state index in [2.05, 4.69) is 10.2 Å². The molecule has 11 nitrogen and oxygen atoms in total. The van der Waals surface area contributed by atoms with Crippen LogP contribution >= 0.6 is 11.8 Å². The van der Waals surface area contributed by atoms with Crippen LogP contribution in [-0.4, -0.2) is 39.3 Å². The third-order valence-corrected chi connectivity index (χ3v) is 6.25. The SMILES string of the molecule is CC(Sc1nnc2n(C)c(=O)c3ccccc3n12)C(=O)c1c(N)n(C)c(=O)n(C)c1=O. The van der Waals surface area contributed by atoms with Gasteiger partial charge in [-0.3, -0.25) is 32.5 Å². The van der Waals surface area contributed by atoms with Gasteiger partial charge < -0.3 is 5.73 Å². The number of carbonyl (C=O) groups excluding carboxylic acids is 1. The maximum atomic E-state index is 13.1. The molecule has 0 aliphatic carbocycles. The summed E-state index contributed by atoms with van der Waals surface area (Å²) in [6, 6.07) is 7.02. The molecule has 0 bridgehead atoms. The first-order chi connectivity index (χ1) is 14.6. The Kier molecular flexibility index (Phi) is 4.81. The van der Waals surface area contributed by atoms with Gasteiger partial charge in [0.25, 0.3) is 11.1 Å². The molecule has 0 saturated carbocycles. The quantitative estimate of drug-likeness (QED) is 0.343. The Balaban J connectivity index is 1.83. The number of fused-ring (bicyclic) bond motifs is 3. The highest BCUT2D eigenvalue weighted by molar-refractivity contribution is 8.00. The molecule has 1 atom stereocenters. The molecule has 3 heterocycles. The summed E-state index contributed by atoms with van der Waals surface area (Å²) >= 11 is 1.08. The van der Waals surface area contributed by atoms with Crippen LogP contribution in [0, 0.1) is 0 Å². The van der Waals surface area contributed by atoms with E-state index >= 15 is 0 Å². The highest BCUT2D eigenvalue weighted by Crippen LogP contribution is 2.27. The van der Waals surface area contributed by atoms with Crippen LogP contribution in [0.15, 0.2) is 43.8 Å². The van der Waals surface area contributed by atoms with E-state index in [9.17, 15) is 19.2 Å². The molecular formula is C19H19N7O4S. The number of ketones is 1. The van der Waals surface area contributed by atoms with E-state index in [-0.39, 0.29) is 16.9 Å². The number of hydrogen-bond acceptors (Lipinski definition) is 8. The standard InChI is InChI=1S/C19H19N7O4S/c1-9(13(27)12-14(20)23(2)19(30)25(4)16(12)29)31-18-22-21-17-24(3)15(28)10-7-5-6-8-11(10)26(17)18/h5-9H,20H2,1-4H3. The third-order valence-electron chi connectivity index (χ3n) is 5.20. The van der Waals surface area contributed by atoms with Gasteiger partial charge in [0.1, 0.15) is 11.4 Å². The fourth-order valence-electron chi connectivity index (χ4n) is 3.39. The first kappa shape index (κ1) is 20.6. The highest BCUT2D eigenvalue weighted by atomic mass is 32.2. The normalized spacial score (nSPS) is 12.5. The Morgan fingerprint density at radius 2 is 1.68 bits per heavy atom. The second kappa shape index (κ2) is 7.23. The van der Waals surface area contributed by atoms with Crippen molar-refractivity contribution in [2.75, 3.05) is 5.73 Å². The van der Waals surface area contributed by atoms with Crippen molar-refractivity contribution in [3.63, 3.8) is 0 Å². The van der Waals surface area contributed by atoms with Crippen LogP contribution in [0.5, 0.6) is 0 Å². The fraction of sp³-hybridized carbons (Fsp3) is 0.263. The van der Waals surface area contributed by atoms with Gasteiger partial charge in [-0.25, -0.2) is 4.79 Å². The van der Waals surface area contributed by atoms with E-state index in [1.54, 1.807) is 42.6 Å². The zero-order chi connectivity index (χ0) is 22.6. The molecule has 0 aliphatic rings. The molecule has 12 heteroatoms. The van der Waals surface area contributed by atoms with Crippen LogP contribution in [0.25, 0.3) is 16.7 Å². The molecule has 4 rings (SSSR count). The maximum Gasteiger partial charge on any atom is 0.332 e. The van der Waals surface area contributed by atoms with Crippen molar-refractivity contribution in [3.8, 4) is 0 Å². The van der Waals surface area contributed by atoms with Crippen molar-refractivity contribution in [1.29, 1.82) is 0 Å². The topological polar surface area (TPSA) is 139 Å². The highest BCUT2D eigenvalue weighted by Gasteiger charge is 2.27. The van der Waals surface area contributed by atoms with Gasteiger partial charge in [-0.1, -0.05) is 23.9 Å². The summed E-state index contributed by atoms with van der Waals surface area (Å²) in [6.45, 7) is 1.61. The summed E-state index contributed by atoms with van der Waals surface area (Å²) in [6.07, 6.45) is 0. The van der Waals surface area contributed by atoms with Crippen LogP contribution in [0.2, 0.25) is 0 Å². The minimum atomic E-state index is -0.768. The van der Waals surface area contributed by atoms with Gasteiger partial charge in [0.05, 0.1) is 16.2 Å². The number of nitrogens with zero attached hydrogens (tertiary/aromatic N) is 6. The number of benzene rings is 1. The lowest BCUT2D eigenvalue weighted by Crippen LogP contribution is -2.42. The first-order valence-corrected chi connectivity index (χ1v) is 10.1. The first-order valence-electron chi connectivity index (χ1n) is 9.24. The van der Waals surface area contributed by atoms with Crippen LogP contribution in [-0.2, 0) is 21.1 Å². The average Bonchev–Trinajstić information content (AvgIpc) is 3.18. The molecule has 0 fully saturated rings. The van der Waals surface area contributed by atoms with Crippen molar-refractivity contribution in [2.24, 2.45) is 21.1 Å². The van der Waals surface area contributed by atoms with Gasteiger partial charge >= 0.3 is 5.69 Å². The summed E-state index contributed by atoms with van der Waals surface area (Å²) in [5.74, 6) is -0.405. The Morgan fingerprint density at radius 3 is 2.39 bits per heavy atom. The van der Waals surface area contributed by atoms with Crippen LogP contribution in [0.4, 0.5) is 5.82 Å². The van der Waals surface area contributed by atoms with E-state index in [1.165, 1.54) is 18.7 Å². The molecule has 0 aliphatic heterocycles. The van der Waals surface area contributed by atoms with Crippen molar-refractivity contribution in [3.05, 3.63) is 61.0 Å². The predicted octanol–water partition coefficient (Wildman–Crippen LogP) is -0.0757. The molecule has 0 radical (unpaired) electrons. The molecular weight excluding hydrogens is 422 g/mol. The lowest BCUT2D eigenvalue weighted by Gasteiger charge is -2.14. The summed E-state index contributed by atoms with van der Waals surface area (Å²) < 4.78 is 4.97. The number of anilines is 1. The third kappa shape index (κ3) is 2.98. The van der Waals surface area contributed by atoms with Gasteiger partial charge in [0.2, 0.25) is 5.78 Å². The number of Topliss-reactive ketones (excluding diaryl/α,β-unsaturated/α-hetero) is 1. The van der Waals surface area contributed by atoms with Gasteiger partial charge in [0.15, 0.2) is 10.9 Å². The largest absolute Gasteiger partial charge is 0.384 e. The number of carbonyl (C=O) groups is 1. The zero-order valence-corrected chi connectivity index (χ0v) is 18.0. The molecule has 3 aromatic heterocycles. The molecule has 31 heavy (non-hydrogen) atoms. The smallest absolute Gasteiger partial charge is 0.332 e. The number of para-hydroxylation sites is 1. The van der Waals surface area contributed by atoms with Crippen molar-refractivity contribution in [2.45, 2.75) is 17.3 Å². The van der Waals surface area contributed by atoms with Crippen LogP contribution in [0.3, 0.4) is 0 Å². The van der Waals surface area contributed by atoms with Gasteiger partial charge in [0, 0.05) is 21.1 Å².